The van der Waals surface area contributed by atoms with Crippen molar-refractivity contribution in [3.05, 3.63) is 117 Å². The average Bonchev–Trinajstić information content (AvgIpc) is 4.02. The van der Waals surface area contributed by atoms with Crippen LogP contribution in [-0.4, -0.2) is 133 Å². The number of hydrogen-bond acceptors (Lipinski definition) is 12. The molecule has 15 nitrogen and oxygen atoms in total. The predicted octanol–water partition coefficient (Wildman–Crippen LogP) is 6.41. The van der Waals surface area contributed by atoms with Crippen LogP contribution in [-0.2, 0) is 27.5 Å². The number of benzene rings is 1. The summed E-state index contributed by atoms with van der Waals surface area (Å²) in [6.45, 7) is 8.45. The summed E-state index contributed by atoms with van der Waals surface area (Å²) < 4.78 is 0.117. The van der Waals surface area contributed by atoms with Gasteiger partial charge in [-0.3, -0.25) is 44.1 Å². The fraction of sp³-hybridized carbons (Fsp3) is 0.518. The SMILES string of the molecule is CC1(N)CCN(C2CCC3CC3(SC3C=C(NC(=O)C4=CC=C(N5CCC(N6CC=C(c7ccc(C(=O)NCc8ccc9c(c8)CN(C8CCC(=O)NC8=O)C9=O)nc7Cl)CC6)CC5)CC4)C=CC3)C=N2)CC1. The van der Waals surface area contributed by atoms with E-state index in [-0.39, 0.29) is 65.3 Å². The Hall–Kier alpha value is -5.39. The number of halogens is 1. The Morgan fingerprint density at radius 1 is 0.918 bits per heavy atom. The van der Waals surface area contributed by atoms with Crippen molar-refractivity contribution >= 4 is 64.7 Å². The van der Waals surface area contributed by atoms with Crippen molar-refractivity contribution in [2.24, 2.45) is 16.6 Å². The van der Waals surface area contributed by atoms with E-state index in [4.69, 9.17) is 22.3 Å². The van der Waals surface area contributed by atoms with Gasteiger partial charge in [-0.25, -0.2) is 4.98 Å². The van der Waals surface area contributed by atoms with Crippen LogP contribution < -0.4 is 21.7 Å². The number of imide groups is 1. The standard InChI is InChI=1S/C56H67ClN10O5S/c1-55(58)21-27-66(28-22-55)48-15-8-39-31-56(39,34-60-48)73-43-4-2-3-40(30-43)61-51(69)37-6-9-41(10-7-37)65-25-19-42(20-26-65)64-23-17-36(18-24-64)44-12-13-46(62-50(44)57)52(70)59-32-35-5-11-45-38(29-35)33-67(54(45)72)47-14-16-49(68)63-53(47)71/h2-3,5-6,9,11-13,17,29-30,34,39,42-43,47-48H,4,7-8,10,14-16,18-28,31-33,58H2,1H3,(H,59,70)(H,61,69)(H,63,68,71). The van der Waals surface area contributed by atoms with Crippen LogP contribution in [0.5, 0.6) is 0 Å². The lowest BCUT2D eigenvalue weighted by atomic mass is 9.90. The first kappa shape index (κ1) is 49.8. The van der Waals surface area contributed by atoms with Gasteiger partial charge in [0, 0.05) is 110 Å². The number of nitrogens with one attached hydrogen (secondary N) is 3. The Bertz CT molecular complexity index is 2770. The second-order valence-corrected chi connectivity index (χ2v) is 23.9. The molecule has 3 aliphatic carbocycles. The molecule has 1 saturated carbocycles. The Labute approximate surface area is 437 Å². The summed E-state index contributed by atoms with van der Waals surface area (Å²) in [5.41, 5.74) is 13.7. The van der Waals surface area contributed by atoms with E-state index < -0.39 is 11.9 Å². The molecule has 7 heterocycles. The predicted molar refractivity (Wildman–Crippen MR) is 284 cm³/mol. The smallest absolute Gasteiger partial charge is 0.270 e. The third-order valence-electron chi connectivity index (χ3n) is 16.9. The van der Waals surface area contributed by atoms with Crippen LogP contribution in [0.3, 0.4) is 0 Å². The fourth-order valence-electron chi connectivity index (χ4n) is 12.2. The number of piperidine rings is 3. The van der Waals surface area contributed by atoms with E-state index in [1.165, 1.54) is 23.4 Å². The zero-order valence-electron chi connectivity index (χ0n) is 41.8. The van der Waals surface area contributed by atoms with Crippen molar-refractivity contribution in [2.45, 2.75) is 137 Å². The lowest BCUT2D eigenvalue weighted by molar-refractivity contribution is -0.137. The summed E-state index contributed by atoms with van der Waals surface area (Å²) in [5.74, 6) is -0.687. The maximum Gasteiger partial charge on any atom is 0.270 e. The van der Waals surface area contributed by atoms with Gasteiger partial charge in [0.25, 0.3) is 17.7 Å². The summed E-state index contributed by atoms with van der Waals surface area (Å²) in [7, 11) is 0. The van der Waals surface area contributed by atoms with Crippen molar-refractivity contribution in [1.29, 1.82) is 0 Å². The van der Waals surface area contributed by atoms with Crippen LogP contribution in [0.2, 0.25) is 5.15 Å². The first-order chi connectivity index (χ1) is 35.3. The van der Waals surface area contributed by atoms with Gasteiger partial charge in [0.1, 0.15) is 23.1 Å². The van der Waals surface area contributed by atoms with Crippen molar-refractivity contribution in [2.75, 3.05) is 39.3 Å². The lowest BCUT2D eigenvalue weighted by Crippen LogP contribution is -2.52. The van der Waals surface area contributed by atoms with Crippen molar-refractivity contribution in [3.8, 4) is 0 Å². The van der Waals surface area contributed by atoms with Crippen LogP contribution in [0.1, 0.15) is 128 Å². The maximum absolute atomic E-state index is 13.5. The summed E-state index contributed by atoms with van der Waals surface area (Å²) >= 11 is 8.77. The number of likely N-dealkylation sites (tertiary alicyclic amines) is 2. The summed E-state index contributed by atoms with van der Waals surface area (Å²) in [6, 6.07) is 8.79. The van der Waals surface area contributed by atoms with E-state index in [0.29, 0.717) is 34.3 Å². The number of nitrogens with two attached hydrogens (primary N) is 1. The topological polar surface area (TPSA) is 186 Å². The third kappa shape index (κ3) is 10.9. The van der Waals surface area contributed by atoms with Crippen molar-refractivity contribution < 1.29 is 24.0 Å². The van der Waals surface area contributed by atoms with Crippen molar-refractivity contribution in [1.82, 2.24) is 40.5 Å². The molecule has 4 fully saturated rings. The molecule has 1 aromatic heterocycles. The van der Waals surface area contributed by atoms with E-state index in [2.05, 4.69) is 79.2 Å². The highest BCUT2D eigenvalue weighted by atomic mass is 35.5. The minimum Gasteiger partial charge on any atom is -0.375 e. The second kappa shape index (κ2) is 20.7. The molecule has 17 heteroatoms. The third-order valence-corrected chi connectivity index (χ3v) is 18.8. The fourth-order valence-corrected chi connectivity index (χ4v) is 14.2. The normalized spacial score (nSPS) is 28.5. The molecular formula is C56H67ClN10O5S. The molecule has 384 valence electrons. The van der Waals surface area contributed by atoms with Crippen LogP contribution in [0.4, 0.5) is 0 Å². The first-order valence-electron chi connectivity index (χ1n) is 26.5. The molecule has 1 aromatic carbocycles. The highest BCUT2D eigenvalue weighted by Gasteiger charge is 2.55. The molecule has 5 atom stereocenters. The number of aromatic nitrogens is 1. The van der Waals surface area contributed by atoms with Gasteiger partial charge in [-0.05, 0) is 143 Å². The number of carbonyl (C=O) groups is 5. The molecule has 6 aliphatic heterocycles. The number of thioether (sulfide) groups is 1. The molecule has 5 N–H and O–H groups in total. The molecular weight excluding hydrogens is 960 g/mol. The molecule has 0 radical (unpaired) electrons. The largest absolute Gasteiger partial charge is 0.375 e. The highest BCUT2D eigenvalue weighted by Crippen LogP contribution is 2.59. The van der Waals surface area contributed by atoms with Gasteiger partial charge in [0.15, 0.2) is 0 Å². The first-order valence-corrected chi connectivity index (χ1v) is 27.8. The maximum atomic E-state index is 13.5. The number of hydrogen-bond donors (Lipinski definition) is 4. The van der Waals surface area contributed by atoms with Crippen molar-refractivity contribution in [3.63, 3.8) is 0 Å². The van der Waals surface area contributed by atoms with E-state index in [9.17, 15) is 24.0 Å². The highest BCUT2D eigenvalue weighted by molar-refractivity contribution is 8.02. The van der Waals surface area contributed by atoms with Gasteiger partial charge in [-0.2, -0.15) is 0 Å². The summed E-state index contributed by atoms with van der Waals surface area (Å²) in [4.78, 5) is 82.7. The van der Waals surface area contributed by atoms with Gasteiger partial charge >= 0.3 is 0 Å². The van der Waals surface area contributed by atoms with Crippen LogP contribution >= 0.6 is 23.4 Å². The molecule has 0 spiro atoms. The zero-order chi connectivity index (χ0) is 50.4. The second-order valence-electron chi connectivity index (χ2n) is 21.9. The molecule has 11 rings (SSSR count). The number of aliphatic imine (C=N–C) groups is 1. The van der Waals surface area contributed by atoms with Gasteiger partial charge in [0.2, 0.25) is 11.8 Å². The van der Waals surface area contributed by atoms with Crippen LogP contribution in [0, 0.1) is 5.92 Å². The molecule has 5 unspecified atom stereocenters. The molecule has 0 bridgehead atoms. The lowest BCUT2D eigenvalue weighted by Gasteiger charge is -2.41. The Balaban J connectivity index is 0.617. The molecule has 73 heavy (non-hydrogen) atoms. The Morgan fingerprint density at radius 2 is 1.74 bits per heavy atom. The number of carbonyl (C=O) groups excluding carboxylic acids is 5. The minimum absolute atomic E-state index is 0.00416. The summed E-state index contributed by atoms with van der Waals surface area (Å²) in [5, 5.41) is 9.10. The number of nitrogens with zero attached hydrogens (tertiary/aromatic N) is 6. The number of rotatable bonds is 12. The number of fused-ring (bicyclic) bond motifs is 2. The number of pyridine rings is 1. The average molecular weight is 1030 g/mol. The Kier molecular flexibility index (Phi) is 14.1. The van der Waals surface area contributed by atoms with Crippen LogP contribution in [0.25, 0.3) is 5.57 Å². The van der Waals surface area contributed by atoms with E-state index in [1.807, 2.05) is 30.0 Å². The molecule has 2 aromatic rings. The van der Waals surface area contributed by atoms with Gasteiger partial charge in [-0.1, -0.05) is 42.0 Å². The number of allylic oxidation sites excluding steroid dienone is 5. The van der Waals surface area contributed by atoms with E-state index in [0.717, 1.165) is 131 Å². The van der Waals surface area contributed by atoms with Gasteiger partial charge < -0.3 is 26.2 Å². The zero-order valence-corrected chi connectivity index (χ0v) is 43.3. The number of amides is 5. The minimum atomic E-state index is -0.682. The van der Waals surface area contributed by atoms with E-state index in [1.54, 1.807) is 18.2 Å². The molecule has 9 aliphatic rings. The monoisotopic (exact) mass is 1030 g/mol. The van der Waals surface area contributed by atoms with E-state index >= 15 is 0 Å². The molecule has 3 saturated heterocycles. The van der Waals surface area contributed by atoms with Gasteiger partial charge in [0.05, 0.1) is 4.75 Å². The summed E-state index contributed by atoms with van der Waals surface area (Å²) in [6.07, 6.45) is 27.2. The van der Waals surface area contributed by atoms with Crippen LogP contribution in [0.15, 0.2) is 88.7 Å². The molecule has 5 amide bonds. The Morgan fingerprint density at radius 3 is 2.49 bits per heavy atom. The quantitative estimate of drug-likeness (QED) is 0.136. The van der Waals surface area contributed by atoms with Gasteiger partial charge in [-0.15, -0.1) is 11.8 Å².